The smallest absolute Gasteiger partial charge is 0.303 e. The van der Waals surface area contributed by atoms with E-state index in [1.54, 1.807) is 18.2 Å². The molecule has 0 aromatic heterocycles. The molecule has 1 aliphatic rings. The molecule has 1 heterocycles. The zero-order chi connectivity index (χ0) is 23.1. The number of nitrogens with zero attached hydrogens (tertiary/aromatic N) is 2. The minimum Gasteiger partial charge on any atom is -0.481 e. The van der Waals surface area contributed by atoms with E-state index in [9.17, 15) is 24.6 Å². The first-order valence-corrected chi connectivity index (χ1v) is 10.3. The number of hydrogen-bond donors (Lipinski definition) is 1. The Morgan fingerprint density at radius 1 is 1.31 bits per heavy atom. The van der Waals surface area contributed by atoms with E-state index in [4.69, 9.17) is 9.84 Å². The average Bonchev–Trinajstić information content (AvgIpc) is 2.79. The van der Waals surface area contributed by atoms with Gasteiger partial charge in [0.15, 0.2) is 0 Å². The van der Waals surface area contributed by atoms with Gasteiger partial charge in [-0.15, -0.1) is 0 Å². The van der Waals surface area contributed by atoms with Gasteiger partial charge in [0.25, 0.3) is 5.69 Å². The summed E-state index contributed by atoms with van der Waals surface area (Å²) in [4.78, 5) is 22.2. The number of allylic oxidation sites excluding steroid dienone is 1. The first kappa shape index (κ1) is 23.1. The highest BCUT2D eigenvalue weighted by Crippen LogP contribution is 2.36. The molecule has 0 spiro atoms. The molecule has 7 nitrogen and oxygen atoms in total. The molecule has 1 unspecified atom stereocenters. The van der Waals surface area contributed by atoms with E-state index in [2.05, 4.69) is 6.07 Å². The van der Waals surface area contributed by atoms with Crippen LogP contribution in [0, 0.1) is 39.1 Å². The van der Waals surface area contributed by atoms with Gasteiger partial charge in [-0.25, -0.2) is 4.39 Å². The molecule has 1 aliphatic heterocycles. The van der Waals surface area contributed by atoms with Crippen LogP contribution in [0.4, 0.5) is 10.1 Å². The topological polar surface area (TPSA) is 113 Å². The first-order chi connectivity index (χ1) is 15.4. The van der Waals surface area contributed by atoms with Crippen LogP contribution in [0.3, 0.4) is 0 Å². The fourth-order valence-corrected chi connectivity index (χ4v) is 4.13. The Morgan fingerprint density at radius 2 is 2.03 bits per heavy atom. The molecular weight excluding hydrogens is 415 g/mol. The van der Waals surface area contributed by atoms with Gasteiger partial charge in [0.2, 0.25) is 0 Å². The van der Waals surface area contributed by atoms with Crippen molar-refractivity contribution in [1.29, 1.82) is 5.26 Å². The van der Waals surface area contributed by atoms with Gasteiger partial charge in [-0.3, -0.25) is 14.9 Å². The summed E-state index contributed by atoms with van der Waals surface area (Å²) < 4.78 is 19.7. The monoisotopic (exact) mass is 438 g/mol. The van der Waals surface area contributed by atoms with Gasteiger partial charge >= 0.3 is 5.97 Å². The molecule has 1 fully saturated rings. The van der Waals surface area contributed by atoms with Crippen molar-refractivity contribution in [3.63, 3.8) is 0 Å². The highest BCUT2D eigenvalue weighted by Gasteiger charge is 2.28. The number of rotatable bonds is 8. The average molecular weight is 438 g/mol. The molecule has 8 heteroatoms. The van der Waals surface area contributed by atoms with Crippen LogP contribution in [0.2, 0.25) is 0 Å². The van der Waals surface area contributed by atoms with Crippen molar-refractivity contribution >= 4 is 17.7 Å². The number of halogens is 1. The highest BCUT2D eigenvalue weighted by molar-refractivity contribution is 5.74. The first-order valence-electron chi connectivity index (χ1n) is 10.3. The van der Waals surface area contributed by atoms with Gasteiger partial charge in [0, 0.05) is 36.8 Å². The molecule has 0 radical (unpaired) electrons. The zero-order valence-electron chi connectivity index (χ0n) is 17.4. The van der Waals surface area contributed by atoms with Crippen molar-refractivity contribution < 1.29 is 24.0 Å². The maximum absolute atomic E-state index is 14.3. The van der Waals surface area contributed by atoms with Gasteiger partial charge in [-0.2, -0.15) is 5.26 Å². The molecule has 1 N–H and O–H groups in total. The third-order valence-electron chi connectivity index (χ3n) is 5.75. The molecule has 0 saturated carbocycles. The Balaban J connectivity index is 2.07. The second-order valence-corrected chi connectivity index (χ2v) is 7.71. The molecular formula is C24H23FN2O5. The minimum atomic E-state index is -0.966. The molecule has 32 heavy (non-hydrogen) atoms. The lowest BCUT2D eigenvalue weighted by Crippen LogP contribution is -2.25. The fraction of sp³-hybridized carbons (Fsp3) is 0.333. The van der Waals surface area contributed by atoms with Crippen molar-refractivity contribution in [3.05, 3.63) is 69.5 Å². The lowest BCUT2D eigenvalue weighted by atomic mass is 9.78. The van der Waals surface area contributed by atoms with Crippen LogP contribution < -0.4 is 0 Å². The van der Waals surface area contributed by atoms with Gasteiger partial charge in [0.1, 0.15) is 5.82 Å². The summed E-state index contributed by atoms with van der Waals surface area (Å²) in [7, 11) is 0. The molecule has 1 saturated heterocycles. The van der Waals surface area contributed by atoms with E-state index in [1.165, 1.54) is 30.3 Å². The van der Waals surface area contributed by atoms with E-state index >= 15 is 0 Å². The maximum atomic E-state index is 14.3. The largest absolute Gasteiger partial charge is 0.481 e. The Hall–Kier alpha value is -3.57. The predicted octanol–water partition coefficient (Wildman–Crippen LogP) is 5.22. The number of nitro groups is 1. The predicted molar refractivity (Wildman–Crippen MR) is 116 cm³/mol. The molecule has 3 rings (SSSR count). The van der Waals surface area contributed by atoms with Crippen LogP contribution in [0.5, 0.6) is 0 Å². The third kappa shape index (κ3) is 5.56. The maximum Gasteiger partial charge on any atom is 0.303 e. The number of carboxylic acids is 1. The number of hydrogen-bond acceptors (Lipinski definition) is 5. The van der Waals surface area contributed by atoms with Crippen molar-refractivity contribution in [2.45, 2.75) is 25.7 Å². The number of aliphatic carboxylic acids is 1. The lowest BCUT2D eigenvalue weighted by molar-refractivity contribution is -0.385. The van der Waals surface area contributed by atoms with Crippen LogP contribution in [-0.4, -0.2) is 29.2 Å². The summed E-state index contributed by atoms with van der Waals surface area (Å²) in [6.07, 6.45) is 2.95. The lowest BCUT2D eigenvalue weighted by Gasteiger charge is -2.30. The molecule has 0 aliphatic carbocycles. The van der Waals surface area contributed by atoms with Crippen molar-refractivity contribution in [3.8, 4) is 17.2 Å². The number of nitro benzene ring substituents is 1. The van der Waals surface area contributed by atoms with Gasteiger partial charge < -0.3 is 9.84 Å². The number of carboxylic acid groups (broad SMARTS) is 1. The summed E-state index contributed by atoms with van der Waals surface area (Å²) in [6, 6.07) is 12.5. The van der Waals surface area contributed by atoms with Crippen LogP contribution in [0.1, 0.15) is 31.2 Å². The van der Waals surface area contributed by atoms with Crippen LogP contribution >= 0.6 is 0 Å². The Bertz CT molecular complexity index is 1070. The van der Waals surface area contributed by atoms with E-state index in [1.807, 2.05) is 0 Å². The summed E-state index contributed by atoms with van der Waals surface area (Å²) in [5.41, 5.74) is 1.00. The third-order valence-corrected chi connectivity index (χ3v) is 5.75. The quantitative estimate of drug-likeness (QED) is 0.344. The van der Waals surface area contributed by atoms with E-state index in [-0.39, 0.29) is 41.5 Å². The Labute approximate surface area is 184 Å². The highest BCUT2D eigenvalue weighted by atomic mass is 19.1. The fourth-order valence-electron chi connectivity index (χ4n) is 4.13. The van der Waals surface area contributed by atoms with Crippen LogP contribution in [0.15, 0.2) is 48.0 Å². The Kier molecular flexibility index (Phi) is 7.68. The van der Waals surface area contributed by atoms with Crippen LogP contribution in [0.25, 0.3) is 17.2 Å². The molecule has 0 bridgehead atoms. The van der Waals surface area contributed by atoms with E-state index < -0.39 is 16.7 Å². The van der Waals surface area contributed by atoms with Gasteiger partial charge in [0.05, 0.1) is 16.6 Å². The summed E-state index contributed by atoms with van der Waals surface area (Å²) in [5, 5.41) is 30.7. The number of nitriles is 1. The second-order valence-electron chi connectivity index (χ2n) is 7.71. The van der Waals surface area contributed by atoms with Crippen molar-refractivity contribution in [2.24, 2.45) is 11.8 Å². The van der Waals surface area contributed by atoms with Crippen molar-refractivity contribution in [2.75, 3.05) is 13.2 Å². The molecule has 2 aromatic carbocycles. The molecule has 2 aromatic rings. The van der Waals surface area contributed by atoms with Gasteiger partial charge in [-0.1, -0.05) is 18.2 Å². The molecule has 166 valence electrons. The number of carbonyl (C=O) groups is 1. The number of ether oxygens (including phenoxy) is 1. The van der Waals surface area contributed by atoms with E-state index in [0.29, 0.717) is 37.2 Å². The molecule has 1 atom stereocenters. The van der Waals surface area contributed by atoms with Crippen molar-refractivity contribution in [1.82, 2.24) is 0 Å². The van der Waals surface area contributed by atoms with Crippen LogP contribution in [-0.2, 0) is 9.53 Å². The standard InChI is InChI=1S/C24H23FN2O5/c25-22-4-2-1-3-21(22)17-5-7-23(27(30)31)18(13-17)14-19(15-26)20(6-8-24(28)29)16-9-11-32-12-10-16/h1-5,7,13-14,16,20H,6,8-12H2,(H,28,29). The Morgan fingerprint density at radius 3 is 2.66 bits per heavy atom. The number of benzene rings is 2. The molecule has 0 amide bonds. The zero-order valence-corrected chi connectivity index (χ0v) is 17.4. The second kappa shape index (κ2) is 10.6. The minimum absolute atomic E-state index is 0.0443. The van der Waals surface area contributed by atoms with E-state index in [0.717, 1.165) is 0 Å². The van der Waals surface area contributed by atoms with Gasteiger partial charge in [-0.05, 0) is 60.9 Å². The summed E-state index contributed by atoms with van der Waals surface area (Å²) in [5.74, 6) is -1.75. The summed E-state index contributed by atoms with van der Waals surface area (Å²) in [6.45, 7) is 1.05. The SMILES string of the molecule is N#CC(=Cc1cc(-c2ccccc2F)ccc1[N+](=O)[O-])C(CCC(=O)O)C1CCOCC1. The summed E-state index contributed by atoms with van der Waals surface area (Å²) >= 11 is 0. The normalized spacial score (nSPS) is 15.7.